The highest BCUT2D eigenvalue weighted by Crippen LogP contribution is 2.04. The highest BCUT2D eigenvalue weighted by Gasteiger charge is 2.04. The summed E-state index contributed by atoms with van der Waals surface area (Å²) in [5.41, 5.74) is 0.920. The van der Waals surface area contributed by atoms with Crippen LogP contribution in [-0.2, 0) is 13.1 Å². The number of rotatable bonds is 6. The van der Waals surface area contributed by atoms with E-state index in [0.29, 0.717) is 6.54 Å². The predicted molar refractivity (Wildman–Crippen MR) is 57.6 cm³/mol. The zero-order chi connectivity index (χ0) is 11.2. The van der Waals surface area contributed by atoms with Crippen LogP contribution in [0.15, 0.2) is 23.2 Å². The first-order valence-electron chi connectivity index (χ1n) is 5.36. The van der Waals surface area contributed by atoms with Crippen LogP contribution in [0.25, 0.3) is 0 Å². The molecule has 1 N–H and O–H groups in total. The van der Waals surface area contributed by atoms with Crippen LogP contribution in [0.2, 0.25) is 0 Å². The number of hydrogen-bond acceptors (Lipinski definition) is 5. The Kier molecular flexibility index (Phi) is 3.66. The van der Waals surface area contributed by atoms with Gasteiger partial charge in [-0.1, -0.05) is 12.1 Å². The average Bonchev–Trinajstić information content (AvgIpc) is 2.91. The molecule has 0 saturated heterocycles. The molecule has 0 spiro atoms. The summed E-state index contributed by atoms with van der Waals surface area (Å²) < 4.78 is 6.89. The van der Waals surface area contributed by atoms with Gasteiger partial charge in [-0.2, -0.15) is 5.10 Å². The number of aromatic nitrogens is 4. The van der Waals surface area contributed by atoms with Crippen LogP contribution in [0.3, 0.4) is 0 Å². The Hall–Kier alpha value is -1.69. The minimum absolute atomic E-state index is 0.570. The van der Waals surface area contributed by atoms with Crippen molar-refractivity contribution < 1.29 is 4.52 Å². The Morgan fingerprint density at radius 3 is 3.19 bits per heavy atom. The molecule has 0 fully saturated rings. The summed E-state index contributed by atoms with van der Waals surface area (Å²) in [7, 11) is 0. The molecule has 16 heavy (non-hydrogen) atoms. The molecule has 0 aliphatic heterocycles. The van der Waals surface area contributed by atoms with Crippen molar-refractivity contribution in [1.82, 2.24) is 25.2 Å². The summed E-state index contributed by atoms with van der Waals surface area (Å²) in [4.78, 5) is 3.86. The zero-order valence-electron chi connectivity index (χ0n) is 9.26. The van der Waals surface area contributed by atoms with Gasteiger partial charge in [0, 0.05) is 12.6 Å². The van der Waals surface area contributed by atoms with Crippen LogP contribution in [0.5, 0.6) is 0 Å². The highest BCUT2D eigenvalue weighted by molar-refractivity contribution is 5.05. The van der Waals surface area contributed by atoms with Crippen molar-refractivity contribution in [2.45, 2.75) is 26.4 Å². The lowest BCUT2D eigenvalue weighted by atomic mass is 10.3. The molecule has 2 heterocycles. The fraction of sp³-hybridized carbons (Fsp3) is 0.500. The first-order chi connectivity index (χ1) is 7.88. The van der Waals surface area contributed by atoms with Gasteiger partial charge in [0.15, 0.2) is 5.76 Å². The molecule has 0 unspecified atom stereocenters. The Bertz CT molecular complexity index is 409. The SMILES string of the molecule is CCCNCc1cc(Cn2cncn2)on1. The lowest BCUT2D eigenvalue weighted by molar-refractivity contribution is 0.364. The standard InChI is InChI=1S/C10H15N5O/c1-2-3-11-5-9-4-10(16-14-9)6-15-8-12-7-13-15/h4,7-8,11H,2-3,5-6H2,1H3. The van der Waals surface area contributed by atoms with E-state index in [0.717, 1.165) is 31.0 Å². The fourth-order valence-corrected chi connectivity index (χ4v) is 1.38. The Morgan fingerprint density at radius 1 is 1.50 bits per heavy atom. The normalized spacial score (nSPS) is 10.8. The second-order valence-corrected chi connectivity index (χ2v) is 3.55. The fourth-order valence-electron chi connectivity index (χ4n) is 1.38. The van der Waals surface area contributed by atoms with E-state index in [9.17, 15) is 0 Å². The van der Waals surface area contributed by atoms with Crippen LogP contribution in [0.4, 0.5) is 0 Å². The van der Waals surface area contributed by atoms with Crippen molar-refractivity contribution in [2.24, 2.45) is 0 Å². The molecule has 6 nitrogen and oxygen atoms in total. The maximum Gasteiger partial charge on any atom is 0.158 e. The number of hydrogen-bond donors (Lipinski definition) is 1. The number of nitrogens with one attached hydrogen (secondary N) is 1. The summed E-state index contributed by atoms with van der Waals surface area (Å²) in [5, 5.41) is 11.2. The van der Waals surface area contributed by atoms with E-state index in [-0.39, 0.29) is 0 Å². The first-order valence-corrected chi connectivity index (χ1v) is 5.36. The third kappa shape index (κ3) is 2.90. The van der Waals surface area contributed by atoms with Crippen molar-refractivity contribution >= 4 is 0 Å². The maximum atomic E-state index is 5.19. The van der Waals surface area contributed by atoms with Crippen LogP contribution in [0.1, 0.15) is 24.8 Å². The smallest absolute Gasteiger partial charge is 0.158 e. The van der Waals surface area contributed by atoms with Crippen LogP contribution in [0, 0.1) is 0 Å². The third-order valence-corrected chi connectivity index (χ3v) is 2.13. The average molecular weight is 221 g/mol. The second-order valence-electron chi connectivity index (χ2n) is 3.55. The van der Waals surface area contributed by atoms with Gasteiger partial charge in [0.25, 0.3) is 0 Å². The van der Waals surface area contributed by atoms with Crippen LogP contribution >= 0.6 is 0 Å². The largest absolute Gasteiger partial charge is 0.359 e. The van der Waals surface area contributed by atoms with Crippen LogP contribution in [-0.4, -0.2) is 26.5 Å². The minimum Gasteiger partial charge on any atom is -0.359 e. The van der Waals surface area contributed by atoms with Crippen molar-refractivity contribution in [2.75, 3.05) is 6.54 Å². The van der Waals surface area contributed by atoms with E-state index >= 15 is 0 Å². The lowest BCUT2D eigenvalue weighted by Crippen LogP contribution is -2.13. The molecule has 2 aromatic rings. The summed E-state index contributed by atoms with van der Waals surface area (Å²) in [6.07, 6.45) is 4.27. The van der Waals surface area contributed by atoms with Gasteiger partial charge in [-0.05, 0) is 13.0 Å². The monoisotopic (exact) mass is 221 g/mol. The van der Waals surface area contributed by atoms with Gasteiger partial charge in [-0.25, -0.2) is 9.67 Å². The van der Waals surface area contributed by atoms with Gasteiger partial charge in [-0.15, -0.1) is 0 Å². The molecule has 0 aromatic carbocycles. The zero-order valence-corrected chi connectivity index (χ0v) is 9.26. The van der Waals surface area contributed by atoms with Crippen LogP contribution < -0.4 is 5.32 Å². The lowest BCUT2D eigenvalue weighted by Gasteiger charge is -1.96. The molecule has 0 aliphatic rings. The van der Waals surface area contributed by atoms with E-state index in [4.69, 9.17) is 4.52 Å². The summed E-state index contributed by atoms with van der Waals surface area (Å²) in [6, 6.07) is 1.93. The van der Waals surface area contributed by atoms with E-state index in [1.54, 1.807) is 11.0 Å². The second kappa shape index (κ2) is 5.41. The van der Waals surface area contributed by atoms with Gasteiger partial charge in [0.2, 0.25) is 0 Å². The van der Waals surface area contributed by atoms with E-state index in [1.807, 2.05) is 6.07 Å². The molecule has 0 radical (unpaired) electrons. The molecule has 0 atom stereocenters. The molecule has 86 valence electrons. The molecular weight excluding hydrogens is 206 g/mol. The molecule has 2 rings (SSSR count). The molecule has 0 bridgehead atoms. The third-order valence-electron chi connectivity index (χ3n) is 2.13. The minimum atomic E-state index is 0.570. The van der Waals surface area contributed by atoms with Gasteiger partial charge in [0.1, 0.15) is 19.2 Å². The molecule has 0 saturated carbocycles. The topological polar surface area (TPSA) is 68.8 Å². The molecule has 6 heteroatoms. The van der Waals surface area contributed by atoms with Crippen molar-refractivity contribution in [3.8, 4) is 0 Å². The summed E-state index contributed by atoms with van der Waals surface area (Å²) >= 11 is 0. The molecule has 0 amide bonds. The van der Waals surface area contributed by atoms with Gasteiger partial charge < -0.3 is 9.84 Å². The van der Waals surface area contributed by atoms with Crippen molar-refractivity contribution in [3.63, 3.8) is 0 Å². The Morgan fingerprint density at radius 2 is 2.44 bits per heavy atom. The van der Waals surface area contributed by atoms with Gasteiger partial charge >= 0.3 is 0 Å². The first kappa shape index (κ1) is 10.8. The van der Waals surface area contributed by atoms with Gasteiger partial charge in [-0.3, -0.25) is 0 Å². The van der Waals surface area contributed by atoms with Crippen molar-refractivity contribution in [3.05, 3.63) is 30.2 Å². The molecule has 0 aliphatic carbocycles. The van der Waals surface area contributed by atoms with E-state index in [1.165, 1.54) is 6.33 Å². The quantitative estimate of drug-likeness (QED) is 0.731. The van der Waals surface area contributed by atoms with Crippen molar-refractivity contribution in [1.29, 1.82) is 0 Å². The van der Waals surface area contributed by atoms with Gasteiger partial charge in [0.05, 0.1) is 5.69 Å². The van der Waals surface area contributed by atoms with E-state index < -0.39 is 0 Å². The Labute approximate surface area is 93.7 Å². The summed E-state index contributed by atoms with van der Waals surface area (Å²) in [6.45, 7) is 4.44. The Balaban J connectivity index is 1.87. The highest BCUT2D eigenvalue weighted by atomic mass is 16.5. The number of nitrogens with zero attached hydrogens (tertiary/aromatic N) is 4. The van der Waals surface area contributed by atoms with E-state index in [2.05, 4.69) is 27.5 Å². The molecule has 2 aromatic heterocycles. The molecular formula is C10H15N5O. The predicted octanol–water partition coefficient (Wildman–Crippen LogP) is 0.814. The summed E-state index contributed by atoms with van der Waals surface area (Å²) in [5.74, 6) is 0.791. The maximum absolute atomic E-state index is 5.19.